The average molecular weight is 430 g/mol. The fourth-order valence-electron chi connectivity index (χ4n) is 4.70. The summed E-state index contributed by atoms with van der Waals surface area (Å²) in [6.07, 6.45) is 6.07. The molecule has 1 N–H and O–H groups in total. The maximum Gasteiger partial charge on any atom is 0.255 e. The first-order chi connectivity index (χ1) is 15.6. The molecule has 0 saturated carbocycles. The molecule has 2 aromatic heterocycles. The van der Waals surface area contributed by atoms with Crippen LogP contribution in [0.4, 0.5) is 0 Å². The lowest BCUT2D eigenvalue weighted by Gasteiger charge is -2.29. The molecular weight excluding hydrogens is 402 g/mol. The number of rotatable bonds is 4. The molecule has 32 heavy (non-hydrogen) atoms. The summed E-state index contributed by atoms with van der Waals surface area (Å²) in [5.41, 5.74) is 4.44. The molecule has 5 rings (SSSR count). The summed E-state index contributed by atoms with van der Waals surface area (Å²) in [5, 5.41) is 0. The van der Waals surface area contributed by atoms with Gasteiger partial charge in [-0.05, 0) is 43.5 Å². The van der Waals surface area contributed by atoms with E-state index in [1.807, 2.05) is 54.4 Å². The summed E-state index contributed by atoms with van der Waals surface area (Å²) in [7, 11) is 0. The van der Waals surface area contributed by atoms with Crippen molar-refractivity contribution in [2.24, 2.45) is 0 Å². The number of hydrogen-bond donors (Lipinski definition) is 1. The van der Waals surface area contributed by atoms with Gasteiger partial charge in [0.25, 0.3) is 11.5 Å². The second-order valence-corrected chi connectivity index (χ2v) is 8.72. The SMILES string of the molecule is Cc1ccc(C(=O)N2CCC[C@@H]2c2nc3c(c(=O)[nH]2)CN(Cc2cccnc2)CC3)cc1. The maximum absolute atomic E-state index is 13.1. The normalized spacial score (nSPS) is 18.5. The van der Waals surface area contributed by atoms with Crippen LogP contribution in [0.3, 0.4) is 0 Å². The fraction of sp³-hybridized carbons (Fsp3) is 0.360. The molecule has 4 heterocycles. The summed E-state index contributed by atoms with van der Waals surface area (Å²) >= 11 is 0. The van der Waals surface area contributed by atoms with E-state index in [2.05, 4.69) is 14.9 Å². The van der Waals surface area contributed by atoms with Crippen molar-refractivity contribution in [3.63, 3.8) is 0 Å². The van der Waals surface area contributed by atoms with Gasteiger partial charge >= 0.3 is 0 Å². The fourth-order valence-corrected chi connectivity index (χ4v) is 4.70. The molecule has 1 aromatic carbocycles. The molecule has 1 fully saturated rings. The van der Waals surface area contributed by atoms with Crippen LogP contribution in [-0.2, 0) is 19.5 Å². The third-order valence-electron chi connectivity index (χ3n) is 6.42. The van der Waals surface area contributed by atoms with Crippen LogP contribution >= 0.6 is 0 Å². The Morgan fingerprint density at radius 3 is 2.81 bits per heavy atom. The van der Waals surface area contributed by atoms with Crippen molar-refractivity contribution in [2.75, 3.05) is 13.1 Å². The molecule has 1 amide bonds. The molecule has 7 heteroatoms. The first kappa shape index (κ1) is 20.6. The van der Waals surface area contributed by atoms with E-state index in [0.29, 0.717) is 24.5 Å². The number of amides is 1. The predicted octanol–water partition coefficient (Wildman–Crippen LogP) is 3.01. The quantitative estimate of drug-likeness (QED) is 0.689. The number of fused-ring (bicyclic) bond motifs is 1. The van der Waals surface area contributed by atoms with Crippen LogP contribution in [0.2, 0.25) is 0 Å². The first-order valence-corrected chi connectivity index (χ1v) is 11.2. The lowest BCUT2D eigenvalue weighted by Crippen LogP contribution is -2.37. The van der Waals surface area contributed by atoms with Gasteiger partial charge in [0.05, 0.1) is 17.3 Å². The minimum atomic E-state index is -0.185. The number of likely N-dealkylation sites (tertiary alicyclic amines) is 1. The number of nitrogens with one attached hydrogen (secondary N) is 1. The lowest BCUT2D eigenvalue weighted by molar-refractivity contribution is 0.0729. The van der Waals surface area contributed by atoms with E-state index in [4.69, 9.17) is 4.98 Å². The molecule has 0 radical (unpaired) electrons. The van der Waals surface area contributed by atoms with Gasteiger partial charge in [-0.2, -0.15) is 0 Å². The highest BCUT2D eigenvalue weighted by atomic mass is 16.2. The molecule has 1 saturated heterocycles. The van der Waals surface area contributed by atoms with Gasteiger partial charge < -0.3 is 9.88 Å². The third-order valence-corrected chi connectivity index (χ3v) is 6.42. The third kappa shape index (κ3) is 4.08. The number of aromatic nitrogens is 3. The van der Waals surface area contributed by atoms with Gasteiger partial charge in [0.1, 0.15) is 5.82 Å². The van der Waals surface area contributed by atoms with Crippen LogP contribution in [0.5, 0.6) is 0 Å². The number of nitrogens with zero attached hydrogens (tertiary/aromatic N) is 4. The number of pyridine rings is 1. The monoisotopic (exact) mass is 429 g/mol. The highest BCUT2D eigenvalue weighted by Gasteiger charge is 2.33. The number of hydrogen-bond acceptors (Lipinski definition) is 5. The standard InChI is InChI=1S/C25H27N5O2/c1-17-6-8-19(9-7-17)25(32)30-12-3-5-22(30)23-27-21-10-13-29(16-20(21)24(31)28-23)15-18-4-2-11-26-14-18/h2,4,6-9,11,14,22H,3,5,10,12-13,15-16H2,1H3,(H,27,28,31)/t22-/m1/s1. The zero-order valence-electron chi connectivity index (χ0n) is 18.3. The minimum Gasteiger partial charge on any atom is -0.328 e. The van der Waals surface area contributed by atoms with Crippen molar-refractivity contribution in [1.29, 1.82) is 0 Å². The molecule has 2 aliphatic rings. The van der Waals surface area contributed by atoms with E-state index in [1.165, 1.54) is 0 Å². The Bertz CT molecular complexity index is 1170. The van der Waals surface area contributed by atoms with Crippen LogP contribution in [-0.4, -0.2) is 43.7 Å². The van der Waals surface area contributed by atoms with E-state index in [1.54, 1.807) is 6.20 Å². The van der Waals surface area contributed by atoms with Crippen molar-refractivity contribution >= 4 is 5.91 Å². The van der Waals surface area contributed by atoms with Crippen LogP contribution in [0.1, 0.15) is 57.5 Å². The summed E-state index contributed by atoms with van der Waals surface area (Å²) in [6.45, 7) is 4.86. The van der Waals surface area contributed by atoms with Gasteiger partial charge in [0, 0.05) is 50.6 Å². The number of benzene rings is 1. The largest absolute Gasteiger partial charge is 0.328 e. The van der Waals surface area contributed by atoms with Gasteiger partial charge in [-0.25, -0.2) is 4.98 Å². The van der Waals surface area contributed by atoms with E-state index in [-0.39, 0.29) is 17.5 Å². The van der Waals surface area contributed by atoms with E-state index in [0.717, 1.165) is 54.7 Å². The van der Waals surface area contributed by atoms with Crippen molar-refractivity contribution in [3.05, 3.63) is 92.9 Å². The number of H-pyrrole nitrogens is 1. The number of carbonyl (C=O) groups is 1. The molecule has 0 bridgehead atoms. The zero-order valence-corrected chi connectivity index (χ0v) is 18.3. The van der Waals surface area contributed by atoms with Crippen molar-refractivity contribution < 1.29 is 4.79 Å². The number of aryl methyl sites for hydroxylation is 1. The molecule has 0 aliphatic carbocycles. The van der Waals surface area contributed by atoms with Crippen LogP contribution < -0.4 is 5.56 Å². The van der Waals surface area contributed by atoms with Gasteiger partial charge in [-0.1, -0.05) is 23.8 Å². The van der Waals surface area contributed by atoms with Crippen LogP contribution in [0.15, 0.2) is 53.6 Å². The Morgan fingerprint density at radius 1 is 1.19 bits per heavy atom. The van der Waals surface area contributed by atoms with E-state index < -0.39 is 0 Å². The molecular formula is C25H27N5O2. The van der Waals surface area contributed by atoms with Gasteiger partial charge in [-0.3, -0.25) is 19.5 Å². The molecule has 0 unspecified atom stereocenters. The summed E-state index contributed by atoms with van der Waals surface area (Å²) in [6, 6.07) is 11.4. The second-order valence-electron chi connectivity index (χ2n) is 8.72. The average Bonchev–Trinajstić information content (AvgIpc) is 3.30. The van der Waals surface area contributed by atoms with Crippen LogP contribution in [0.25, 0.3) is 0 Å². The molecule has 0 spiro atoms. The highest BCUT2D eigenvalue weighted by Crippen LogP contribution is 2.31. The predicted molar refractivity (Wildman–Crippen MR) is 121 cm³/mol. The van der Waals surface area contributed by atoms with Gasteiger partial charge in [0.2, 0.25) is 0 Å². The molecule has 164 valence electrons. The van der Waals surface area contributed by atoms with Gasteiger partial charge in [0.15, 0.2) is 0 Å². The minimum absolute atomic E-state index is 0.00415. The Labute approximate surface area is 187 Å². The van der Waals surface area contributed by atoms with Crippen LogP contribution in [0, 0.1) is 6.92 Å². The Hall–Kier alpha value is -3.32. The van der Waals surface area contributed by atoms with Gasteiger partial charge in [-0.15, -0.1) is 0 Å². The first-order valence-electron chi connectivity index (χ1n) is 11.2. The van der Waals surface area contributed by atoms with Crippen molar-refractivity contribution in [2.45, 2.75) is 45.3 Å². The summed E-state index contributed by atoms with van der Waals surface area (Å²) < 4.78 is 0. The lowest BCUT2D eigenvalue weighted by atomic mass is 10.1. The molecule has 2 aliphatic heterocycles. The number of carbonyl (C=O) groups excluding carboxylic acids is 1. The second kappa shape index (κ2) is 8.67. The van der Waals surface area contributed by atoms with Crippen molar-refractivity contribution in [1.82, 2.24) is 24.8 Å². The summed E-state index contributed by atoms with van der Waals surface area (Å²) in [5.74, 6) is 0.614. The summed E-state index contributed by atoms with van der Waals surface area (Å²) in [4.78, 5) is 42.2. The van der Waals surface area contributed by atoms with Crippen molar-refractivity contribution in [3.8, 4) is 0 Å². The Morgan fingerprint density at radius 2 is 2.03 bits per heavy atom. The smallest absolute Gasteiger partial charge is 0.255 e. The van der Waals surface area contributed by atoms with E-state index in [9.17, 15) is 9.59 Å². The highest BCUT2D eigenvalue weighted by molar-refractivity contribution is 5.94. The molecule has 7 nitrogen and oxygen atoms in total. The Balaban J connectivity index is 1.36. The zero-order chi connectivity index (χ0) is 22.1. The molecule has 1 atom stereocenters. The molecule has 3 aromatic rings. The Kier molecular flexibility index (Phi) is 5.57. The number of aromatic amines is 1. The maximum atomic E-state index is 13.1. The topological polar surface area (TPSA) is 82.2 Å². The van der Waals surface area contributed by atoms with E-state index >= 15 is 0 Å².